The molecule has 0 saturated carbocycles. The van der Waals surface area contributed by atoms with Gasteiger partial charge in [-0.1, -0.05) is 6.92 Å². The molecule has 1 N–H and O–H groups in total. The van der Waals surface area contributed by atoms with E-state index in [9.17, 15) is 9.59 Å². The highest BCUT2D eigenvalue weighted by Crippen LogP contribution is 2.10. The first kappa shape index (κ1) is 13.3. The summed E-state index contributed by atoms with van der Waals surface area (Å²) in [4.78, 5) is 22.2. The minimum atomic E-state index is -0.557. The quantitative estimate of drug-likeness (QED) is 0.757. The molecule has 0 aromatic carbocycles. The summed E-state index contributed by atoms with van der Waals surface area (Å²) in [5, 5.41) is 2.53. The van der Waals surface area contributed by atoms with Crippen LogP contribution in [-0.4, -0.2) is 37.0 Å². The van der Waals surface area contributed by atoms with Gasteiger partial charge in [0.15, 0.2) is 5.78 Å². The van der Waals surface area contributed by atoms with Gasteiger partial charge in [0.2, 0.25) is 0 Å². The Balaban J connectivity index is 4.28. The molecule has 0 radical (unpaired) electrons. The van der Waals surface area contributed by atoms with Crippen molar-refractivity contribution in [3.05, 3.63) is 0 Å². The Hall–Kier alpha value is -0.710. The van der Waals surface area contributed by atoms with Crippen LogP contribution in [-0.2, 0) is 9.53 Å². The van der Waals surface area contributed by atoms with Crippen LogP contribution in [0.3, 0.4) is 0 Å². The van der Waals surface area contributed by atoms with Crippen molar-refractivity contribution >= 4 is 23.6 Å². The predicted octanol–water partition coefficient (Wildman–Crippen LogP) is 1.30. The molecule has 0 rings (SSSR count). The number of carbonyl (C=O) groups is 2. The Labute approximate surface area is 88.8 Å². The number of Topliss-reactive ketones (excluding diaryl/α,β-unsaturated/α-hetero) is 1. The van der Waals surface area contributed by atoms with Crippen molar-refractivity contribution in [2.75, 3.05) is 19.1 Å². The van der Waals surface area contributed by atoms with Gasteiger partial charge in [-0.2, -0.15) is 11.8 Å². The molecule has 82 valence electrons. The zero-order valence-electron chi connectivity index (χ0n) is 8.99. The average molecular weight is 219 g/mol. The summed E-state index contributed by atoms with van der Waals surface area (Å²) in [6, 6.07) is -0.449. The second kappa shape index (κ2) is 6.70. The average Bonchev–Trinajstić information content (AvgIpc) is 2.13. The van der Waals surface area contributed by atoms with E-state index in [1.807, 2.05) is 13.2 Å². The molecule has 0 aliphatic carbocycles. The SMILES string of the molecule is COC(=O)N[C@H](C(C)=O)C(C)CSC. The molecule has 0 bridgehead atoms. The van der Waals surface area contributed by atoms with Crippen LogP contribution in [0.1, 0.15) is 13.8 Å². The predicted molar refractivity (Wildman–Crippen MR) is 57.6 cm³/mol. The summed E-state index contributed by atoms with van der Waals surface area (Å²) >= 11 is 1.65. The number of ketones is 1. The van der Waals surface area contributed by atoms with Crippen LogP contribution in [0.15, 0.2) is 0 Å². The van der Waals surface area contributed by atoms with Crippen LogP contribution in [0.2, 0.25) is 0 Å². The smallest absolute Gasteiger partial charge is 0.407 e. The summed E-state index contributed by atoms with van der Waals surface area (Å²) in [7, 11) is 1.28. The van der Waals surface area contributed by atoms with Gasteiger partial charge >= 0.3 is 6.09 Å². The largest absolute Gasteiger partial charge is 0.453 e. The number of carbonyl (C=O) groups excluding carboxylic acids is 2. The first-order valence-corrected chi connectivity index (χ1v) is 5.76. The van der Waals surface area contributed by atoms with E-state index in [0.29, 0.717) is 0 Å². The number of thioether (sulfide) groups is 1. The molecular formula is C9H17NO3S. The maximum atomic E-state index is 11.2. The zero-order valence-corrected chi connectivity index (χ0v) is 9.81. The van der Waals surface area contributed by atoms with E-state index in [-0.39, 0.29) is 11.7 Å². The lowest BCUT2D eigenvalue weighted by Crippen LogP contribution is -2.44. The molecule has 2 atom stereocenters. The summed E-state index contributed by atoms with van der Waals surface area (Å²) in [5.41, 5.74) is 0. The lowest BCUT2D eigenvalue weighted by molar-refractivity contribution is -0.119. The van der Waals surface area contributed by atoms with Crippen LogP contribution in [0.4, 0.5) is 4.79 Å². The number of hydrogen-bond acceptors (Lipinski definition) is 4. The standard InChI is InChI=1S/C9H17NO3S/c1-6(5-14-4)8(7(2)11)10-9(12)13-3/h6,8H,5H2,1-4H3,(H,10,12)/t6?,8-/m0/s1. The lowest BCUT2D eigenvalue weighted by Gasteiger charge is -2.21. The highest BCUT2D eigenvalue weighted by Gasteiger charge is 2.23. The first-order valence-electron chi connectivity index (χ1n) is 4.36. The second-order valence-corrected chi connectivity index (χ2v) is 4.07. The molecule has 0 aliphatic rings. The summed E-state index contributed by atoms with van der Waals surface area (Å²) in [6.45, 7) is 3.40. The number of alkyl carbamates (subject to hydrolysis) is 1. The van der Waals surface area contributed by atoms with Crippen molar-refractivity contribution in [1.82, 2.24) is 5.32 Å². The highest BCUT2D eigenvalue weighted by molar-refractivity contribution is 7.98. The molecule has 0 fully saturated rings. The molecule has 1 amide bonds. The number of methoxy groups -OCH3 is 1. The molecule has 5 heteroatoms. The molecule has 0 aromatic rings. The van der Waals surface area contributed by atoms with Gasteiger partial charge in [-0.05, 0) is 24.9 Å². The number of ether oxygens (including phenoxy) is 1. The topological polar surface area (TPSA) is 55.4 Å². The van der Waals surface area contributed by atoms with Crippen molar-refractivity contribution in [1.29, 1.82) is 0 Å². The molecule has 1 unspecified atom stereocenters. The first-order chi connectivity index (χ1) is 6.52. The van der Waals surface area contributed by atoms with E-state index in [4.69, 9.17) is 0 Å². The van der Waals surface area contributed by atoms with Gasteiger partial charge in [0, 0.05) is 0 Å². The molecule has 0 aliphatic heterocycles. The van der Waals surface area contributed by atoms with E-state index >= 15 is 0 Å². The van der Waals surface area contributed by atoms with Gasteiger partial charge in [0.25, 0.3) is 0 Å². The lowest BCUT2D eigenvalue weighted by atomic mass is 10.0. The van der Waals surface area contributed by atoms with E-state index in [1.165, 1.54) is 14.0 Å². The molecule has 0 spiro atoms. The molecule has 0 saturated heterocycles. The van der Waals surface area contributed by atoms with Crippen LogP contribution in [0.5, 0.6) is 0 Å². The molecule has 0 aromatic heterocycles. The minimum absolute atomic E-state index is 0.0445. The van der Waals surface area contributed by atoms with Crippen LogP contribution < -0.4 is 5.32 Å². The zero-order chi connectivity index (χ0) is 11.1. The van der Waals surface area contributed by atoms with Crippen molar-refractivity contribution < 1.29 is 14.3 Å². The van der Waals surface area contributed by atoms with Gasteiger partial charge in [-0.25, -0.2) is 4.79 Å². The van der Waals surface area contributed by atoms with Gasteiger partial charge in [0.1, 0.15) is 0 Å². The van der Waals surface area contributed by atoms with Crippen molar-refractivity contribution in [3.8, 4) is 0 Å². The third-order valence-corrected chi connectivity index (χ3v) is 2.75. The van der Waals surface area contributed by atoms with E-state index in [2.05, 4.69) is 10.1 Å². The minimum Gasteiger partial charge on any atom is -0.453 e. The van der Waals surface area contributed by atoms with E-state index in [0.717, 1.165) is 5.75 Å². The maximum Gasteiger partial charge on any atom is 0.407 e. The second-order valence-electron chi connectivity index (χ2n) is 3.16. The van der Waals surface area contributed by atoms with Crippen LogP contribution >= 0.6 is 11.8 Å². The van der Waals surface area contributed by atoms with Gasteiger partial charge in [-0.15, -0.1) is 0 Å². The fraction of sp³-hybridized carbons (Fsp3) is 0.778. The Kier molecular flexibility index (Phi) is 6.36. The van der Waals surface area contributed by atoms with Crippen molar-refractivity contribution in [3.63, 3.8) is 0 Å². The van der Waals surface area contributed by atoms with E-state index in [1.54, 1.807) is 11.8 Å². The summed E-state index contributed by atoms with van der Waals surface area (Å²) < 4.78 is 4.45. The van der Waals surface area contributed by atoms with E-state index < -0.39 is 12.1 Å². The monoisotopic (exact) mass is 219 g/mol. The van der Waals surface area contributed by atoms with Crippen LogP contribution in [0.25, 0.3) is 0 Å². The summed E-state index contributed by atoms with van der Waals surface area (Å²) in [5.74, 6) is 0.896. The van der Waals surface area contributed by atoms with Gasteiger partial charge < -0.3 is 10.1 Å². The van der Waals surface area contributed by atoms with Crippen molar-refractivity contribution in [2.45, 2.75) is 19.9 Å². The number of amides is 1. The van der Waals surface area contributed by atoms with Crippen LogP contribution in [0, 0.1) is 5.92 Å². The fourth-order valence-electron chi connectivity index (χ4n) is 1.19. The Morgan fingerprint density at radius 2 is 2.07 bits per heavy atom. The van der Waals surface area contributed by atoms with Crippen molar-refractivity contribution in [2.24, 2.45) is 5.92 Å². The third-order valence-electron chi connectivity index (χ3n) is 1.90. The van der Waals surface area contributed by atoms with Gasteiger partial charge in [0.05, 0.1) is 13.2 Å². The Morgan fingerprint density at radius 1 is 1.50 bits per heavy atom. The Morgan fingerprint density at radius 3 is 2.43 bits per heavy atom. The molecule has 0 heterocycles. The molecule has 4 nitrogen and oxygen atoms in total. The van der Waals surface area contributed by atoms with Gasteiger partial charge in [-0.3, -0.25) is 4.79 Å². The number of hydrogen-bond donors (Lipinski definition) is 1. The molecular weight excluding hydrogens is 202 g/mol. The normalized spacial score (nSPS) is 14.3. The number of nitrogens with one attached hydrogen (secondary N) is 1. The molecule has 14 heavy (non-hydrogen) atoms. The number of rotatable bonds is 5. The maximum absolute atomic E-state index is 11.2. The Bertz CT molecular complexity index is 208. The third kappa shape index (κ3) is 4.50. The fourth-order valence-corrected chi connectivity index (χ4v) is 1.91. The summed E-state index contributed by atoms with van der Waals surface area (Å²) in [6.07, 6.45) is 1.41. The highest BCUT2D eigenvalue weighted by atomic mass is 32.2.